The molecule has 3 aliphatic rings. The van der Waals surface area contributed by atoms with Gasteiger partial charge in [0, 0.05) is 31.1 Å². The summed E-state index contributed by atoms with van der Waals surface area (Å²) in [5.74, 6) is 1.83. The van der Waals surface area contributed by atoms with Gasteiger partial charge in [-0.05, 0) is 64.3 Å². The van der Waals surface area contributed by atoms with Crippen molar-refractivity contribution >= 4 is 12.0 Å². The Labute approximate surface area is 181 Å². The molecule has 0 radical (unpaired) electrons. The Kier molecular flexibility index (Phi) is 4.44. The lowest BCUT2D eigenvalue weighted by atomic mass is 9.99. The van der Waals surface area contributed by atoms with Crippen LogP contribution in [0.15, 0.2) is 48.5 Å². The molecule has 1 amide bonds. The predicted octanol–water partition coefficient (Wildman–Crippen LogP) is 3.83. The number of amides is 1. The highest BCUT2D eigenvalue weighted by Crippen LogP contribution is 2.33. The van der Waals surface area contributed by atoms with Gasteiger partial charge in [-0.3, -0.25) is 4.79 Å². The Hall–Kier alpha value is -3.28. The molecule has 0 spiro atoms. The maximum Gasteiger partial charge on any atom is 0.225 e. The Morgan fingerprint density at radius 3 is 2.65 bits per heavy atom. The summed E-state index contributed by atoms with van der Waals surface area (Å²) in [6.07, 6.45) is 8.56. The van der Waals surface area contributed by atoms with Crippen LogP contribution in [0.1, 0.15) is 30.4 Å². The molecule has 2 fully saturated rings. The molecule has 2 heterocycles. The van der Waals surface area contributed by atoms with E-state index in [1.54, 1.807) is 0 Å². The van der Waals surface area contributed by atoms with E-state index in [1.165, 1.54) is 22.3 Å². The van der Waals surface area contributed by atoms with Crippen molar-refractivity contribution < 1.29 is 4.79 Å². The van der Waals surface area contributed by atoms with Crippen LogP contribution >= 0.6 is 0 Å². The molecule has 1 aliphatic heterocycles. The number of carbonyl (C=O) groups is 1. The summed E-state index contributed by atoms with van der Waals surface area (Å²) in [5.41, 5.74) is 6.16. The Morgan fingerprint density at radius 1 is 1.00 bits per heavy atom. The predicted molar refractivity (Wildman–Crippen MR) is 119 cm³/mol. The molecule has 1 aromatic heterocycles. The van der Waals surface area contributed by atoms with E-state index < -0.39 is 0 Å². The van der Waals surface area contributed by atoms with Gasteiger partial charge in [-0.1, -0.05) is 54.6 Å². The van der Waals surface area contributed by atoms with Crippen LogP contribution < -0.4 is 0 Å². The van der Waals surface area contributed by atoms with Gasteiger partial charge in [-0.15, -0.1) is 5.10 Å². The zero-order valence-corrected chi connectivity index (χ0v) is 17.4. The van der Waals surface area contributed by atoms with Gasteiger partial charge in [0.15, 0.2) is 5.82 Å². The van der Waals surface area contributed by atoms with Crippen LogP contribution in [0, 0.1) is 11.8 Å². The van der Waals surface area contributed by atoms with Crippen molar-refractivity contribution in [3.63, 3.8) is 0 Å². The molecule has 31 heavy (non-hydrogen) atoms. The van der Waals surface area contributed by atoms with Crippen LogP contribution in [0.5, 0.6) is 0 Å². The van der Waals surface area contributed by atoms with Crippen molar-refractivity contribution in [1.29, 1.82) is 0 Å². The minimum absolute atomic E-state index is 0.294. The second-order valence-corrected chi connectivity index (χ2v) is 9.00. The SMILES string of the molecule is O=C(C1CC1)N1CC[C@@H](Cn2nnnc2-c2ccc(-c3ccc4c(c3)CC=C4)cc2)C1. The van der Waals surface area contributed by atoms with Crippen LogP contribution in [-0.2, 0) is 17.8 Å². The van der Waals surface area contributed by atoms with E-state index >= 15 is 0 Å². The highest BCUT2D eigenvalue weighted by molar-refractivity contribution is 5.81. The number of aromatic nitrogens is 4. The normalized spacial score (nSPS) is 19.7. The van der Waals surface area contributed by atoms with Crippen molar-refractivity contribution in [3.05, 3.63) is 59.7 Å². The smallest absolute Gasteiger partial charge is 0.225 e. The van der Waals surface area contributed by atoms with Gasteiger partial charge in [-0.25, -0.2) is 4.68 Å². The Morgan fingerprint density at radius 2 is 1.81 bits per heavy atom. The van der Waals surface area contributed by atoms with Crippen molar-refractivity contribution in [2.45, 2.75) is 32.2 Å². The van der Waals surface area contributed by atoms with E-state index in [0.717, 1.165) is 56.7 Å². The molecule has 6 nitrogen and oxygen atoms in total. The maximum absolute atomic E-state index is 12.3. The minimum Gasteiger partial charge on any atom is -0.342 e. The molecule has 6 heteroatoms. The first-order valence-electron chi connectivity index (χ1n) is 11.2. The number of hydrogen-bond donors (Lipinski definition) is 0. The third-order valence-corrected chi connectivity index (χ3v) is 6.74. The van der Waals surface area contributed by atoms with Gasteiger partial charge in [0.05, 0.1) is 0 Å². The summed E-state index contributed by atoms with van der Waals surface area (Å²) < 4.78 is 1.89. The number of benzene rings is 2. The second-order valence-electron chi connectivity index (χ2n) is 9.00. The lowest BCUT2D eigenvalue weighted by Gasteiger charge is -2.16. The number of tetrazole rings is 1. The van der Waals surface area contributed by atoms with Crippen LogP contribution in [0.2, 0.25) is 0 Å². The molecule has 0 bridgehead atoms. The zero-order chi connectivity index (χ0) is 20.8. The average molecular weight is 412 g/mol. The molecule has 6 rings (SSSR count). The minimum atomic E-state index is 0.294. The molecular weight excluding hydrogens is 386 g/mol. The van der Waals surface area contributed by atoms with Crippen LogP contribution in [-0.4, -0.2) is 44.1 Å². The highest BCUT2D eigenvalue weighted by Gasteiger charge is 2.36. The molecule has 3 aromatic rings. The van der Waals surface area contributed by atoms with Gasteiger partial charge in [-0.2, -0.15) is 0 Å². The van der Waals surface area contributed by atoms with E-state index in [9.17, 15) is 4.79 Å². The largest absolute Gasteiger partial charge is 0.342 e. The molecular formula is C25H25N5O. The van der Waals surface area contributed by atoms with Crippen molar-refractivity contribution in [3.8, 4) is 22.5 Å². The zero-order valence-electron chi connectivity index (χ0n) is 17.4. The van der Waals surface area contributed by atoms with Crippen LogP contribution in [0.25, 0.3) is 28.6 Å². The fraction of sp³-hybridized carbons (Fsp3) is 0.360. The fourth-order valence-corrected chi connectivity index (χ4v) is 4.80. The first-order chi connectivity index (χ1) is 15.2. The Balaban J connectivity index is 1.17. The fourth-order valence-electron chi connectivity index (χ4n) is 4.80. The van der Waals surface area contributed by atoms with Crippen LogP contribution in [0.3, 0.4) is 0 Å². The lowest BCUT2D eigenvalue weighted by Crippen LogP contribution is -2.30. The highest BCUT2D eigenvalue weighted by atomic mass is 16.2. The average Bonchev–Trinajstić information content (AvgIpc) is 3.17. The summed E-state index contributed by atoms with van der Waals surface area (Å²) in [4.78, 5) is 14.4. The third-order valence-electron chi connectivity index (χ3n) is 6.74. The summed E-state index contributed by atoms with van der Waals surface area (Å²) in [6, 6.07) is 15.1. The molecule has 0 N–H and O–H groups in total. The number of fused-ring (bicyclic) bond motifs is 1. The van der Waals surface area contributed by atoms with Crippen molar-refractivity contribution in [1.82, 2.24) is 25.1 Å². The molecule has 156 valence electrons. The monoisotopic (exact) mass is 411 g/mol. The van der Waals surface area contributed by atoms with Crippen molar-refractivity contribution in [2.75, 3.05) is 13.1 Å². The summed E-state index contributed by atoms with van der Waals surface area (Å²) in [5, 5.41) is 12.5. The first-order valence-corrected chi connectivity index (χ1v) is 11.2. The topological polar surface area (TPSA) is 63.9 Å². The number of hydrogen-bond acceptors (Lipinski definition) is 4. The number of likely N-dealkylation sites (tertiary alicyclic amines) is 1. The lowest BCUT2D eigenvalue weighted by molar-refractivity contribution is -0.131. The van der Waals surface area contributed by atoms with Gasteiger partial charge < -0.3 is 4.90 Å². The molecule has 1 saturated carbocycles. The molecule has 1 saturated heterocycles. The summed E-state index contributed by atoms with van der Waals surface area (Å²) in [7, 11) is 0. The quantitative estimate of drug-likeness (QED) is 0.640. The van der Waals surface area contributed by atoms with Gasteiger partial charge in [0.25, 0.3) is 0 Å². The van der Waals surface area contributed by atoms with E-state index in [0.29, 0.717) is 17.7 Å². The van der Waals surface area contributed by atoms with E-state index in [4.69, 9.17) is 0 Å². The van der Waals surface area contributed by atoms with Gasteiger partial charge >= 0.3 is 0 Å². The van der Waals surface area contributed by atoms with Crippen LogP contribution in [0.4, 0.5) is 0 Å². The number of carbonyl (C=O) groups excluding carboxylic acids is 1. The van der Waals surface area contributed by atoms with E-state index in [-0.39, 0.29) is 0 Å². The summed E-state index contributed by atoms with van der Waals surface area (Å²) >= 11 is 0. The number of nitrogens with zero attached hydrogens (tertiary/aromatic N) is 5. The van der Waals surface area contributed by atoms with E-state index in [1.807, 2.05) is 9.58 Å². The van der Waals surface area contributed by atoms with Gasteiger partial charge in [0.1, 0.15) is 0 Å². The molecule has 1 atom stereocenters. The molecule has 2 aliphatic carbocycles. The standard InChI is InChI=1S/C25H25N5O/c31-25(21-9-10-21)29-13-12-17(15-29)16-30-24(26-27-28-30)20-7-4-19(5-8-20)23-11-6-18-2-1-3-22(18)14-23/h1-2,4-8,11,14,17,21H,3,9-10,12-13,15-16H2/t17-/m1/s1. The molecule has 0 unspecified atom stereocenters. The second kappa shape index (κ2) is 7.45. The number of rotatable bonds is 5. The van der Waals surface area contributed by atoms with Crippen molar-refractivity contribution in [2.24, 2.45) is 11.8 Å². The van der Waals surface area contributed by atoms with Gasteiger partial charge in [0.2, 0.25) is 5.91 Å². The summed E-state index contributed by atoms with van der Waals surface area (Å²) in [6.45, 7) is 2.43. The molecule has 2 aromatic carbocycles. The Bertz CT molecular complexity index is 1160. The van der Waals surface area contributed by atoms with E-state index in [2.05, 4.69) is 70.1 Å². The number of allylic oxidation sites excluding steroid dienone is 1. The third kappa shape index (κ3) is 3.56. The first kappa shape index (κ1) is 18.5. The maximum atomic E-state index is 12.3.